The number of nitrogens with one attached hydrogen (secondary N) is 2. The van der Waals surface area contributed by atoms with Gasteiger partial charge in [0.1, 0.15) is 5.75 Å². The molecule has 0 fully saturated rings. The Bertz CT molecular complexity index is 1500. The SMILES string of the molecule is COc1ccc(C(=O)Oc2c(Br)cc(Br)cc2C=NNC(=O)c2cccc(NC(=O)c3ccco3)c2)cc1. The molecule has 0 aliphatic rings. The molecule has 2 N–H and O–H groups in total. The summed E-state index contributed by atoms with van der Waals surface area (Å²) >= 11 is 6.80. The van der Waals surface area contributed by atoms with E-state index in [4.69, 9.17) is 13.9 Å². The van der Waals surface area contributed by atoms with Gasteiger partial charge in [-0.1, -0.05) is 22.0 Å². The quantitative estimate of drug-likeness (QED) is 0.105. The van der Waals surface area contributed by atoms with E-state index in [9.17, 15) is 14.4 Å². The van der Waals surface area contributed by atoms with Gasteiger partial charge in [0.25, 0.3) is 11.8 Å². The second-order valence-electron chi connectivity index (χ2n) is 7.64. The van der Waals surface area contributed by atoms with E-state index >= 15 is 0 Å². The highest BCUT2D eigenvalue weighted by molar-refractivity contribution is 9.11. The fourth-order valence-corrected chi connectivity index (χ4v) is 4.57. The number of anilines is 1. The lowest BCUT2D eigenvalue weighted by Gasteiger charge is -2.11. The summed E-state index contributed by atoms with van der Waals surface area (Å²) in [4.78, 5) is 37.6. The van der Waals surface area contributed by atoms with Crippen LogP contribution in [-0.2, 0) is 0 Å². The van der Waals surface area contributed by atoms with Crippen LogP contribution in [0.1, 0.15) is 36.8 Å². The molecule has 0 spiro atoms. The Kier molecular flexibility index (Phi) is 8.72. The Labute approximate surface area is 234 Å². The van der Waals surface area contributed by atoms with Crippen LogP contribution in [-0.4, -0.2) is 31.1 Å². The average molecular weight is 641 g/mol. The smallest absolute Gasteiger partial charge is 0.343 e. The van der Waals surface area contributed by atoms with Gasteiger partial charge in [-0.3, -0.25) is 9.59 Å². The third-order valence-corrected chi connectivity index (χ3v) is 6.10. The van der Waals surface area contributed by atoms with Crippen molar-refractivity contribution in [3.63, 3.8) is 0 Å². The van der Waals surface area contributed by atoms with Crippen molar-refractivity contribution < 1.29 is 28.3 Å². The Morgan fingerprint density at radius 3 is 2.42 bits per heavy atom. The van der Waals surface area contributed by atoms with Crippen LogP contribution in [0.4, 0.5) is 5.69 Å². The van der Waals surface area contributed by atoms with E-state index in [1.807, 2.05) is 0 Å². The first-order chi connectivity index (χ1) is 18.3. The maximum Gasteiger partial charge on any atom is 0.343 e. The maximum atomic E-state index is 12.7. The fourth-order valence-electron chi connectivity index (χ4n) is 3.23. The number of methoxy groups -OCH3 is 1. The van der Waals surface area contributed by atoms with Gasteiger partial charge in [-0.15, -0.1) is 0 Å². The summed E-state index contributed by atoms with van der Waals surface area (Å²) in [6.45, 7) is 0. The van der Waals surface area contributed by atoms with Crippen molar-refractivity contribution in [1.29, 1.82) is 0 Å². The lowest BCUT2D eigenvalue weighted by Crippen LogP contribution is -2.18. The maximum absolute atomic E-state index is 12.7. The van der Waals surface area contributed by atoms with Crippen LogP contribution in [0, 0.1) is 0 Å². The van der Waals surface area contributed by atoms with Crippen molar-refractivity contribution in [2.75, 3.05) is 12.4 Å². The van der Waals surface area contributed by atoms with Crippen LogP contribution < -0.4 is 20.2 Å². The van der Waals surface area contributed by atoms with Crippen molar-refractivity contribution in [2.24, 2.45) is 5.10 Å². The Morgan fingerprint density at radius 2 is 1.71 bits per heavy atom. The molecule has 0 aliphatic heterocycles. The van der Waals surface area contributed by atoms with Crippen LogP contribution in [0.3, 0.4) is 0 Å². The number of hydrazone groups is 1. The number of ether oxygens (including phenoxy) is 2. The lowest BCUT2D eigenvalue weighted by molar-refractivity contribution is 0.0732. The van der Waals surface area contributed by atoms with E-state index in [1.54, 1.807) is 60.7 Å². The minimum atomic E-state index is -0.581. The van der Waals surface area contributed by atoms with Crippen LogP contribution in [0.15, 0.2) is 97.5 Å². The molecule has 0 saturated heterocycles. The third-order valence-electron chi connectivity index (χ3n) is 5.05. The summed E-state index contributed by atoms with van der Waals surface area (Å²) in [6.07, 6.45) is 2.75. The summed E-state index contributed by atoms with van der Waals surface area (Å²) in [7, 11) is 1.54. The summed E-state index contributed by atoms with van der Waals surface area (Å²) < 4.78 is 17.0. The number of hydrogen-bond donors (Lipinski definition) is 2. The van der Waals surface area contributed by atoms with Gasteiger partial charge in [0, 0.05) is 21.3 Å². The van der Waals surface area contributed by atoms with Crippen molar-refractivity contribution in [3.05, 3.63) is 110 Å². The van der Waals surface area contributed by atoms with Crippen molar-refractivity contribution in [3.8, 4) is 11.5 Å². The summed E-state index contributed by atoms with van der Waals surface area (Å²) in [5.41, 5.74) is 3.86. The van der Waals surface area contributed by atoms with E-state index in [0.29, 0.717) is 31.5 Å². The average Bonchev–Trinajstić information content (AvgIpc) is 3.46. The highest BCUT2D eigenvalue weighted by atomic mass is 79.9. The second kappa shape index (κ2) is 12.3. The molecule has 2 amide bonds. The molecule has 0 saturated carbocycles. The number of amides is 2. The molecule has 0 radical (unpaired) electrons. The summed E-state index contributed by atoms with van der Waals surface area (Å²) in [6, 6.07) is 19.4. The molecule has 3 aromatic carbocycles. The number of carbonyl (C=O) groups excluding carboxylic acids is 3. The van der Waals surface area contributed by atoms with Gasteiger partial charge in [-0.2, -0.15) is 5.10 Å². The third kappa shape index (κ3) is 6.75. The van der Waals surface area contributed by atoms with Gasteiger partial charge in [-0.05, 0) is 82.7 Å². The van der Waals surface area contributed by atoms with Crippen molar-refractivity contribution in [1.82, 2.24) is 5.43 Å². The normalized spacial score (nSPS) is 10.7. The minimum absolute atomic E-state index is 0.146. The predicted molar refractivity (Wildman–Crippen MR) is 148 cm³/mol. The topological polar surface area (TPSA) is 119 Å². The minimum Gasteiger partial charge on any atom is -0.497 e. The first kappa shape index (κ1) is 26.8. The van der Waals surface area contributed by atoms with Gasteiger partial charge in [0.15, 0.2) is 11.5 Å². The monoisotopic (exact) mass is 639 g/mol. The number of furan rings is 1. The number of halogens is 2. The molecule has 9 nitrogen and oxygen atoms in total. The van der Waals surface area contributed by atoms with Crippen LogP contribution in [0.25, 0.3) is 0 Å². The molecule has 0 unspecified atom stereocenters. The summed E-state index contributed by atoms with van der Waals surface area (Å²) in [5.74, 6) is -0.561. The van der Waals surface area contributed by atoms with E-state index in [-0.39, 0.29) is 17.1 Å². The zero-order valence-corrected chi connectivity index (χ0v) is 22.9. The first-order valence-corrected chi connectivity index (χ1v) is 12.6. The molecular weight excluding hydrogens is 622 g/mol. The van der Waals surface area contributed by atoms with E-state index < -0.39 is 17.8 Å². The van der Waals surface area contributed by atoms with Crippen LogP contribution >= 0.6 is 31.9 Å². The molecule has 1 aromatic heterocycles. The van der Waals surface area contributed by atoms with E-state index in [0.717, 1.165) is 0 Å². The highest BCUT2D eigenvalue weighted by Crippen LogP contribution is 2.33. The van der Waals surface area contributed by atoms with E-state index in [2.05, 4.69) is 47.7 Å². The predicted octanol–water partition coefficient (Wildman–Crippen LogP) is 6.05. The number of esters is 1. The van der Waals surface area contributed by atoms with E-state index in [1.165, 1.54) is 31.7 Å². The number of nitrogens with zero attached hydrogens (tertiary/aromatic N) is 1. The lowest BCUT2D eigenvalue weighted by atomic mass is 10.2. The molecule has 11 heteroatoms. The number of hydrogen-bond acceptors (Lipinski definition) is 7. The number of benzene rings is 3. The zero-order chi connectivity index (χ0) is 27.1. The van der Waals surface area contributed by atoms with Crippen LogP contribution in [0.2, 0.25) is 0 Å². The Hall–Kier alpha value is -4.22. The van der Waals surface area contributed by atoms with Gasteiger partial charge >= 0.3 is 5.97 Å². The molecule has 4 rings (SSSR count). The summed E-state index contributed by atoms with van der Waals surface area (Å²) in [5, 5.41) is 6.68. The number of carbonyl (C=O) groups is 3. The Morgan fingerprint density at radius 1 is 0.921 bits per heavy atom. The van der Waals surface area contributed by atoms with Gasteiger partial charge in [-0.25, -0.2) is 10.2 Å². The molecule has 4 aromatic rings. The first-order valence-electron chi connectivity index (χ1n) is 11.0. The van der Waals surface area contributed by atoms with Crippen molar-refractivity contribution >= 4 is 61.5 Å². The van der Waals surface area contributed by atoms with Gasteiger partial charge in [0.05, 0.1) is 29.6 Å². The second-order valence-corrected chi connectivity index (χ2v) is 9.41. The number of rotatable bonds is 8. The van der Waals surface area contributed by atoms with Gasteiger partial charge in [0.2, 0.25) is 0 Å². The molecular formula is C27H19Br2N3O6. The molecule has 1 heterocycles. The highest BCUT2D eigenvalue weighted by Gasteiger charge is 2.16. The molecule has 38 heavy (non-hydrogen) atoms. The largest absolute Gasteiger partial charge is 0.497 e. The zero-order valence-electron chi connectivity index (χ0n) is 19.7. The van der Waals surface area contributed by atoms with Crippen molar-refractivity contribution in [2.45, 2.75) is 0 Å². The Balaban J connectivity index is 1.46. The molecule has 192 valence electrons. The molecule has 0 atom stereocenters. The molecule has 0 bridgehead atoms. The fraction of sp³-hybridized carbons (Fsp3) is 0.0370. The van der Waals surface area contributed by atoms with Gasteiger partial charge < -0.3 is 19.2 Å². The standard InChI is InChI=1S/C27H19Br2N3O6/c1-36-21-9-7-16(8-10-21)27(35)38-24-18(12-19(28)14-22(24)29)15-30-32-25(33)17-4-2-5-20(13-17)31-26(34)23-6-3-11-37-23/h2-15H,1H3,(H,31,34)(H,32,33). The molecule has 0 aliphatic carbocycles. The van der Waals surface area contributed by atoms with Crippen LogP contribution in [0.5, 0.6) is 11.5 Å².